The number of fused-ring (bicyclic) bond motifs is 1. The van der Waals surface area contributed by atoms with Crippen molar-refractivity contribution < 1.29 is 9.59 Å². The largest absolute Gasteiger partial charge is 0.326 e. The Morgan fingerprint density at radius 1 is 1.33 bits per heavy atom. The van der Waals surface area contributed by atoms with E-state index in [-0.39, 0.29) is 24.1 Å². The van der Waals surface area contributed by atoms with Gasteiger partial charge >= 0.3 is 0 Å². The number of nitrogens with one attached hydrogen (secondary N) is 2. The van der Waals surface area contributed by atoms with E-state index in [0.29, 0.717) is 24.7 Å². The van der Waals surface area contributed by atoms with Crippen molar-refractivity contribution in [1.29, 1.82) is 0 Å². The van der Waals surface area contributed by atoms with Gasteiger partial charge < -0.3 is 10.6 Å². The molecule has 5 heteroatoms. The number of ketones is 1. The minimum atomic E-state index is 0. The van der Waals surface area contributed by atoms with Crippen LogP contribution in [0.5, 0.6) is 0 Å². The molecule has 2 N–H and O–H groups in total. The number of Topliss-reactive ketones (excluding diaryl/α,β-unsaturated/α-hetero) is 1. The zero-order valence-corrected chi connectivity index (χ0v) is 15.1. The topological polar surface area (TPSA) is 58.2 Å². The van der Waals surface area contributed by atoms with Gasteiger partial charge in [-0.25, -0.2) is 0 Å². The number of carbonyl (C=O) groups excluding carboxylic acids is 2. The molecule has 2 aliphatic rings. The Bertz CT molecular complexity index is 597. The van der Waals surface area contributed by atoms with E-state index in [1.165, 1.54) is 12.8 Å². The van der Waals surface area contributed by atoms with Crippen molar-refractivity contribution in [3.05, 3.63) is 29.3 Å². The third kappa shape index (κ3) is 4.58. The van der Waals surface area contributed by atoms with Gasteiger partial charge in [-0.3, -0.25) is 9.59 Å². The quantitative estimate of drug-likeness (QED) is 0.872. The van der Waals surface area contributed by atoms with Gasteiger partial charge in [-0.2, -0.15) is 0 Å². The van der Waals surface area contributed by atoms with E-state index in [1.54, 1.807) is 0 Å². The number of carbonyl (C=O) groups is 2. The Kier molecular flexibility index (Phi) is 6.81. The number of aryl methyl sites for hydroxylation is 1. The summed E-state index contributed by atoms with van der Waals surface area (Å²) in [5.41, 5.74) is 2.65. The van der Waals surface area contributed by atoms with Crippen LogP contribution in [-0.4, -0.2) is 24.8 Å². The molecule has 4 nitrogen and oxygen atoms in total. The molecular formula is C19H27ClN2O2. The van der Waals surface area contributed by atoms with Gasteiger partial charge in [0.05, 0.1) is 0 Å². The summed E-state index contributed by atoms with van der Waals surface area (Å²) in [4.78, 5) is 24.3. The zero-order valence-electron chi connectivity index (χ0n) is 14.3. The SMILES string of the molecule is CC(CC(=O)Nc1ccc2c(c1)C(=O)CCC2)C1CCCNC1.Cl. The second-order valence-corrected chi connectivity index (χ2v) is 6.98. The molecule has 1 aromatic rings. The number of hydrogen-bond donors (Lipinski definition) is 2. The summed E-state index contributed by atoms with van der Waals surface area (Å²) in [5.74, 6) is 1.21. The predicted octanol–water partition coefficient (Wildman–Crippen LogP) is 3.59. The average Bonchev–Trinajstić information content (AvgIpc) is 2.56. The van der Waals surface area contributed by atoms with Gasteiger partial charge in [0.15, 0.2) is 5.78 Å². The molecule has 0 radical (unpaired) electrons. The molecule has 2 atom stereocenters. The molecule has 1 fully saturated rings. The highest BCUT2D eigenvalue weighted by molar-refractivity contribution is 6.00. The van der Waals surface area contributed by atoms with Crippen LogP contribution in [0.2, 0.25) is 0 Å². The number of amides is 1. The Labute approximate surface area is 150 Å². The van der Waals surface area contributed by atoms with Gasteiger partial charge in [0.1, 0.15) is 0 Å². The van der Waals surface area contributed by atoms with Crippen LogP contribution in [0, 0.1) is 11.8 Å². The van der Waals surface area contributed by atoms with Crippen LogP contribution < -0.4 is 10.6 Å². The molecule has 1 amide bonds. The molecule has 0 aromatic heterocycles. The number of rotatable bonds is 4. The van der Waals surface area contributed by atoms with Crippen LogP contribution in [0.15, 0.2) is 18.2 Å². The molecule has 1 aliphatic heterocycles. The molecule has 0 bridgehead atoms. The molecule has 1 saturated heterocycles. The number of hydrogen-bond acceptors (Lipinski definition) is 3. The fourth-order valence-electron chi connectivity index (χ4n) is 3.74. The number of piperidine rings is 1. The Hall–Kier alpha value is -1.39. The molecule has 1 aromatic carbocycles. The second-order valence-electron chi connectivity index (χ2n) is 6.98. The molecule has 3 rings (SSSR count). The molecule has 24 heavy (non-hydrogen) atoms. The number of halogens is 1. The van der Waals surface area contributed by atoms with Crippen molar-refractivity contribution in [3.8, 4) is 0 Å². The van der Waals surface area contributed by atoms with E-state index in [0.717, 1.165) is 42.7 Å². The first-order chi connectivity index (χ1) is 11.1. The Morgan fingerprint density at radius 2 is 2.17 bits per heavy atom. The highest BCUT2D eigenvalue weighted by atomic mass is 35.5. The summed E-state index contributed by atoms with van der Waals surface area (Å²) < 4.78 is 0. The molecule has 2 unspecified atom stereocenters. The summed E-state index contributed by atoms with van der Waals surface area (Å²) in [6.45, 7) is 4.27. The van der Waals surface area contributed by atoms with Crippen LogP contribution in [0.1, 0.15) is 54.9 Å². The minimum Gasteiger partial charge on any atom is -0.326 e. The van der Waals surface area contributed by atoms with Gasteiger partial charge in [0.2, 0.25) is 5.91 Å². The van der Waals surface area contributed by atoms with E-state index in [9.17, 15) is 9.59 Å². The van der Waals surface area contributed by atoms with Crippen molar-refractivity contribution in [3.63, 3.8) is 0 Å². The molecule has 0 spiro atoms. The lowest BCUT2D eigenvalue weighted by molar-refractivity contribution is -0.117. The van der Waals surface area contributed by atoms with Crippen LogP contribution in [0.3, 0.4) is 0 Å². The number of anilines is 1. The van der Waals surface area contributed by atoms with E-state index in [4.69, 9.17) is 0 Å². The van der Waals surface area contributed by atoms with Crippen molar-refractivity contribution >= 4 is 29.8 Å². The van der Waals surface area contributed by atoms with Crippen LogP contribution in [0.25, 0.3) is 0 Å². The van der Waals surface area contributed by atoms with Crippen LogP contribution in [0.4, 0.5) is 5.69 Å². The van der Waals surface area contributed by atoms with Crippen molar-refractivity contribution in [2.45, 2.75) is 45.4 Å². The maximum absolute atomic E-state index is 12.3. The first kappa shape index (κ1) is 18.9. The monoisotopic (exact) mass is 350 g/mol. The summed E-state index contributed by atoms with van der Waals surface area (Å²) >= 11 is 0. The van der Waals surface area contributed by atoms with E-state index < -0.39 is 0 Å². The van der Waals surface area contributed by atoms with Gasteiger partial charge in [-0.05, 0) is 68.3 Å². The third-order valence-electron chi connectivity index (χ3n) is 5.19. The molecule has 1 heterocycles. The molecule has 132 valence electrons. The minimum absolute atomic E-state index is 0. The first-order valence-corrected chi connectivity index (χ1v) is 8.80. The normalized spacial score (nSPS) is 21.4. The zero-order chi connectivity index (χ0) is 16.2. The lowest BCUT2D eigenvalue weighted by Crippen LogP contribution is -2.34. The fourth-order valence-corrected chi connectivity index (χ4v) is 3.74. The maximum atomic E-state index is 12.3. The van der Waals surface area contributed by atoms with E-state index >= 15 is 0 Å². The summed E-state index contributed by atoms with van der Waals surface area (Å²) in [6, 6.07) is 5.75. The third-order valence-corrected chi connectivity index (χ3v) is 5.19. The second kappa shape index (κ2) is 8.63. The lowest BCUT2D eigenvalue weighted by Gasteiger charge is -2.28. The predicted molar refractivity (Wildman–Crippen MR) is 99.0 cm³/mol. The average molecular weight is 351 g/mol. The van der Waals surface area contributed by atoms with Gasteiger partial charge in [0, 0.05) is 24.1 Å². The highest BCUT2D eigenvalue weighted by Crippen LogP contribution is 2.26. The summed E-state index contributed by atoms with van der Waals surface area (Å²) in [7, 11) is 0. The highest BCUT2D eigenvalue weighted by Gasteiger charge is 2.22. The van der Waals surface area contributed by atoms with Gasteiger partial charge in [-0.15, -0.1) is 12.4 Å². The van der Waals surface area contributed by atoms with Crippen LogP contribution in [-0.2, 0) is 11.2 Å². The van der Waals surface area contributed by atoms with E-state index in [2.05, 4.69) is 17.6 Å². The Balaban J connectivity index is 0.00000208. The molecular weight excluding hydrogens is 324 g/mol. The Morgan fingerprint density at radius 3 is 2.92 bits per heavy atom. The van der Waals surface area contributed by atoms with Crippen molar-refractivity contribution in [2.75, 3.05) is 18.4 Å². The van der Waals surface area contributed by atoms with Gasteiger partial charge in [-0.1, -0.05) is 13.0 Å². The fraction of sp³-hybridized carbons (Fsp3) is 0.579. The standard InChI is InChI=1S/C19H26N2O2.ClH/c1-13(15-5-3-9-20-12-15)10-19(23)21-16-8-7-14-4-2-6-18(22)17(14)11-16;/h7-8,11,13,15,20H,2-6,9-10,12H2,1H3,(H,21,23);1H. The first-order valence-electron chi connectivity index (χ1n) is 8.80. The maximum Gasteiger partial charge on any atom is 0.224 e. The lowest BCUT2D eigenvalue weighted by atomic mass is 9.85. The smallest absolute Gasteiger partial charge is 0.224 e. The van der Waals surface area contributed by atoms with E-state index in [1.807, 2.05) is 18.2 Å². The van der Waals surface area contributed by atoms with Crippen molar-refractivity contribution in [2.24, 2.45) is 11.8 Å². The molecule has 1 aliphatic carbocycles. The van der Waals surface area contributed by atoms with Gasteiger partial charge in [0.25, 0.3) is 0 Å². The summed E-state index contributed by atoms with van der Waals surface area (Å²) in [5, 5.41) is 6.38. The summed E-state index contributed by atoms with van der Waals surface area (Å²) in [6.07, 6.45) is 5.46. The van der Waals surface area contributed by atoms with Crippen molar-refractivity contribution in [1.82, 2.24) is 5.32 Å². The number of benzene rings is 1. The molecule has 0 saturated carbocycles. The van der Waals surface area contributed by atoms with Crippen LogP contribution >= 0.6 is 12.4 Å².